The van der Waals surface area contributed by atoms with E-state index in [1.807, 2.05) is 0 Å². The number of amides is 1. The summed E-state index contributed by atoms with van der Waals surface area (Å²) in [4.78, 5) is 12.3. The first-order valence-corrected chi connectivity index (χ1v) is 7.09. The van der Waals surface area contributed by atoms with E-state index in [0.717, 1.165) is 0 Å². The zero-order valence-electron chi connectivity index (χ0n) is 10.5. The van der Waals surface area contributed by atoms with Crippen LogP contribution in [0.5, 0.6) is 0 Å². The molecule has 0 aromatic heterocycles. The molecular formula is C15H15ClN2O. The number of halogens is 1. The highest BCUT2D eigenvalue weighted by atomic mass is 35.5. The van der Waals surface area contributed by atoms with Crippen LogP contribution in [-0.4, -0.2) is 5.91 Å². The van der Waals surface area contributed by atoms with E-state index in [1.54, 1.807) is 18.2 Å². The molecule has 2 atom stereocenters. The number of fused-ring (bicyclic) bond motifs is 1. The highest BCUT2D eigenvalue weighted by Gasteiger charge is 2.54. The van der Waals surface area contributed by atoms with Crippen LogP contribution in [0.15, 0.2) is 18.2 Å². The van der Waals surface area contributed by atoms with Crippen LogP contribution in [-0.2, 0) is 4.79 Å². The third-order valence-electron chi connectivity index (χ3n) is 4.32. The first-order valence-electron chi connectivity index (χ1n) is 6.71. The van der Waals surface area contributed by atoms with E-state index in [4.69, 9.17) is 16.9 Å². The second-order valence-corrected chi connectivity index (χ2v) is 5.87. The average molecular weight is 275 g/mol. The molecule has 0 aliphatic heterocycles. The molecule has 19 heavy (non-hydrogen) atoms. The van der Waals surface area contributed by atoms with E-state index in [0.29, 0.717) is 28.1 Å². The average Bonchev–Trinajstić information content (AvgIpc) is 3.13. The van der Waals surface area contributed by atoms with Gasteiger partial charge in [0.15, 0.2) is 0 Å². The maximum Gasteiger partial charge on any atom is 0.228 e. The number of hydrogen-bond acceptors (Lipinski definition) is 2. The van der Waals surface area contributed by atoms with Crippen molar-refractivity contribution < 1.29 is 4.79 Å². The zero-order chi connectivity index (χ0) is 13.4. The van der Waals surface area contributed by atoms with Crippen LogP contribution < -0.4 is 5.32 Å². The summed E-state index contributed by atoms with van der Waals surface area (Å²) >= 11 is 5.91. The lowest BCUT2D eigenvalue weighted by atomic mass is 10.0. The summed E-state index contributed by atoms with van der Waals surface area (Å²) in [6.07, 6.45) is 4.82. The summed E-state index contributed by atoms with van der Waals surface area (Å²) in [5.74, 6) is 1.33. The van der Waals surface area contributed by atoms with Crippen LogP contribution in [0.4, 0.5) is 5.69 Å². The molecule has 2 unspecified atom stereocenters. The van der Waals surface area contributed by atoms with Gasteiger partial charge in [-0.3, -0.25) is 4.79 Å². The minimum absolute atomic E-state index is 0.0515. The summed E-state index contributed by atoms with van der Waals surface area (Å²) in [5, 5.41) is 12.4. The number of rotatable bonds is 2. The van der Waals surface area contributed by atoms with E-state index in [1.165, 1.54) is 25.7 Å². The van der Waals surface area contributed by atoms with Crippen LogP contribution in [0.25, 0.3) is 0 Å². The highest BCUT2D eigenvalue weighted by molar-refractivity contribution is 6.31. The van der Waals surface area contributed by atoms with E-state index in [9.17, 15) is 4.79 Å². The Labute approximate surface area is 117 Å². The number of benzene rings is 1. The maximum atomic E-state index is 12.3. The van der Waals surface area contributed by atoms with Crippen LogP contribution in [0, 0.1) is 29.1 Å². The van der Waals surface area contributed by atoms with Gasteiger partial charge in [0.05, 0.1) is 11.3 Å². The van der Waals surface area contributed by atoms with Crippen LogP contribution in [0.3, 0.4) is 0 Å². The number of carbonyl (C=O) groups is 1. The van der Waals surface area contributed by atoms with E-state index in [2.05, 4.69) is 11.4 Å². The van der Waals surface area contributed by atoms with Crippen LogP contribution in [0.2, 0.25) is 5.02 Å². The largest absolute Gasteiger partial charge is 0.325 e. The third-order valence-corrected chi connectivity index (χ3v) is 4.55. The normalized spacial score (nSPS) is 28.1. The van der Waals surface area contributed by atoms with E-state index in [-0.39, 0.29) is 11.8 Å². The van der Waals surface area contributed by atoms with Gasteiger partial charge in [-0.05, 0) is 42.9 Å². The van der Waals surface area contributed by atoms with Gasteiger partial charge in [0.25, 0.3) is 0 Å². The van der Waals surface area contributed by atoms with Gasteiger partial charge in [-0.1, -0.05) is 24.4 Å². The van der Waals surface area contributed by atoms with Crippen LogP contribution in [0.1, 0.15) is 31.2 Å². The number of nitrogens with zero attached hydrogens (tertiary/aromatic N) is 1. The number of hydrogen-bond donors (Lipinski definition) is 1. The van der Waals surface area contributed by atoms with Crippen molar-refractivity contribution in [3.63, 3.8) is 0 Å². The lowest BCUT2D eigenvalue weighted by Gasteiger charge is -2.07. The number of nitrogens with one attached hydrogen (secondary N) is 1. The smallest absolute Gasteiger partial charge is 0.228 e. The fourth-order valence-corrected chi connectivity index (χ4v) is 3.49. The third kappa shape index (κ3) is 2.33. The van der Waals surface area contributed by atoms with Gasteiger partial charge in [0.1, 0.15) is 6.07 Å². The number of anilines is 1. The summed E-state index contributed by atoms with van der Waals surface area (Å²) in [6, 6.07) is 7.02. The highest BCUT2D eigenvalue weighted by Crippen LogP contribution is 2.55. The molecule has 0 heterocycles. The summed E-state index contributed by atoms with van der Waals surface area (Å²) < 4.78 is 0. The monoisotopic (exact) mass is 274 g/mol. The van der Waals surface area contributed by atoms with Gasteiger partial charge in [-0.25, -0.2) is 0 Å². The molecule has 2 aliphatic rings. The molecule has 4 heteroatoms. The summed E-state index contributed by atoms with van der Waals surface area (Å²) in [7, 11) is 0. The second-order valence-electron chi connectivity index (χ2n) is 5.43. The Morgan fingerprint density at radius 2 is 2.00 bits per heavy atom. The Kier molecular flexibility index (Phi) is 3.20. The van der Waals surface area contributed by atoms with Crippen molar-refractivity contribution >= 4 is 23.2 Å². The molecule has 0 bridgehead atoms. The predicted octanol–water partition coefficient (Wildman–Crippen LogP) is 3.59. The fourth-order valence-electron chi connectivity index (χ4n) is 3.31. The van der Waals surface area contributed by atoms with Crippen molar-refractivity contribution in [2.45, 2.75) is 25.7 Å². The maximum absolute atomic E-state index is 12.3. The van der Waals surface area contributed by atoms with Gasteiger partial charge < -0.3 is 5.32 Å². The minimum atomic E-state index is 0.0515. The predicted molar refractivity (Wildman–Crippen MR) is 73.7 cm³/mol. The van der Waals surface area contributed by atoms with Gasteiger partial charge in [-0.2, -0.15) is 5.26 Å². The zero-order valence-corrected chi connectivity index (χ0v) is 11.3. The SMILES string of the molecule is N#Cc1ccc(Cl)cc1NC(=O)C1C2CCCCC21. The summed E-state index contributed by atoms with van der Waals surface area (Å²) in [6.45, 7) is 0. The molecule has 2 fully saturated rings. The van der Waals surface area contributed by atoms with Crippen molar-refractivity contribution in [1.82, 2.24) is 0 Å². The Balaban J connectivity index is 1.74. The first-order chi connectivity index (χ1) is 9.20. The first kappa shape index (κ1) is 12.5. The van der Waals surface area contributed by atoms with E-state index >= 15 is 0 Å². The lowest BCUT2D eigenvalue weighted by Crippen LogP contribution is -2.16. The number of carbonyl (C=O) groups excluding carboxylic acids is 1. The molecule has 1 aromatic rings. The quantitative estimate of drug-likeness (QED) is 0.896. The molecule has 2 aliphatic carbocycles. The second kappa shape index (κ2) is 4.86. The van der Waals surface area contributed by atoms with Crippen molar-refractivity contribution in [3.8, 4) is 6.07 Å². The van der Waals surface area contributed by atoms with Crippen molar-refractivity contribution in [2.75, 3.05) is 5.32 Å². The minimum Gasteiger partial charge on any atom is -0.325 e. The van der Waals surface area contributed by atoms with Crippen molar-refractivity contribution in [1.29, 1.82) is 5.26 Å². The topological polar surface area (TPSA) is 52.9 Å². The molecular weight excluding hydrogens is 260 g/mol. The van der Waals surface area contributed by atoms with E-state index < -0.39 is 0 Å². The molecule has 0 radical (unpaired) electrons. The van der Waals surface area contributed by atoms with Gasteiger partial charge in [0, 0.05) is 10.9 Å². The molecule has 1 amide bonds. The fraction of sp³-hybridized carbons (Fsp3) is 0.467. The van der Waals surface area contributed by atoms with Crippen molar-refractivity contribution in [3.05, 3.63) is 28.8 Å². The molecule has 1 aromatic carbocycles. The number of nitriles is 1. The molecule has 1 N–H and O–H groups in total. The van der Waals surface area contributed by atoms with Gasteiger partial charge in [-0.15, -0.1) is 0 Å². The molecule has 0 saturated heterocycles. The molecule has 0 spiro atoms. The molecule has 2 saturated carbocycles. The standard InChI is InChI=1S/C15H15ClN2O/c16-10-6-5-9(8-17)13(7-10)18-15(19)14-11-3-1-2-4-12(11)14/h5-7,11-12,14H,1-4H2,(H,18,19). The van der Waals surface area contributed by atoms with Crippen molar-refractivity contribution in [2.24, 2.45) is 17.8 Å². The Bertz CT molecular complexity index is 552. The molecule has 98 valence electrons. The Morgan fingerprint density at radius 3 is 2.63 bits per heavy atom. The Morgan fingerprint density at radius 1 is 1.32 bits per heavy atom. The molecule has 3 nitrogen and oxygen atoms in total. The lowest BCUT2D eigenvalue weighted by molar-refractivity contribution is -0.117. The van der Waals surface area contributed by atoms with Gasteiger partial charge >= 0.3 is 0 Å². The van der Waals surface area contributed by atoms with Gasteiger partial charge in [0.2, 0.25) is 5.91 Å². The molecule has 3 rings (SSSR count). The Hall–Kier alpha value is -1.53. The van der Waals surface area contributed by atoms with Crippen LogP contribution >= 0.6 is 11.6 Å². The summed E-state index contributed by atoms with van der Waals surface area (Å²) in [5.41, 5.74) is 0.991.